The number of amides is 3. The third-order valence-electron chi connectivity index (χ3n) is 4.20. The first-order valence-corrected chi connectivity index (χ1v) is 8.62. The average molecular weight is 422 g/mol. The molecule has 1 aliphatic rings. The minimum absolute atomic E-state index is 0.0307. The highest BCUT2D eigenvalue weighted by molar-refractivity contribution is 9.10. The zero-order chi connectivity index (χ0) is 18.6. The second kappa shape index (κ2) is 8.07. The number of rotatable bonds is 4. The van der Waals surface area contributed by atoms with Crippen LogP contribution in [0.25, 0.3) is 0 Å². The van der Waals surface area contributed by atoms with E-state index in [9.17, 15) is 22.8 Å². The number of alkyl halides is 3. The van der Waals surface area contributed by atoms with Crippen LogP contribution in [-0.2, 0) is 4.79 Å². The minimum atomic E-state index is -4.31. The molecule has 2 rings (SSSR count). The molecule has 3 N–H and O–H groups in total. The van der Waals surface area contributed by atoms with Gasteiger partial charge in [-0.3, -0.25) is 4.79 Å². The zero-order valence-corrected chi connectivity index (χ0v) is 14.9. The molecule has 1 aromatic carbocycles. The number of primary amides is 1. The summed E-state index contributed by atoms with van der Waals surface area (Å²) in [6.07, 6.45) is -4.12. The predicted octanol–water partition coefficient (Wildman–Crippen LogP) is 3.35. The maximum Gasteiger partial charge on any atom is 0.393 e. The molecule has 3 amide bonds. The topological polar surface area (TPSA) is 75.4 Å². The number of piperidine rings is 1. The van der Waals surface area contributed by atoms with Crippen molar-refractivity contribution in [3.05, 3.63) is 34.3 Å². The van der Waals surface area contributed by atoms with Gasteiger partial charge in [0.15, 0.2) is 0 Å². The van der Waals surface area contributed by atoms with Gasteiger partial charge in [0.2, 0.25) is 5.91 Å². The van der Waals surface area contributed by atoms with Crippen molar-refractivity contribution in [2.24, 2.45) is 11.7 Å². The van der Waals surface area contributed by atoms with Gasteiger partial charge in [-0.05, 0) is 30.5 Å². The van der Waals surface area contributed by atoms with Crippen LogP contribution in [0.15, 0.2) is 28.7 Å². The van der Waals surface area contributed by atoms with E-state index in [4.69, 9.17) is 5.73 Å². The maximum atomic E-state index is 12.9. The summed E-state index contributed by atoms with van der Waals surface area (Å²) in [5, 5.41) is 2.48. The Kier molecular flexibility index (Phi) is 6.31. The summed E-state index contributed by atoms with van der Waals surface area (Å²) in [6, 6.07) is 5.43. The van der Waals surface area contributed by atoms with Crippen LogP contribution in [0.2, 0.25) is 0 Å². The molecule has 2 atom stereocenters. The largest absolute Gasteiger partial charge is 0.393 e. The van der Waals surface area contributed by atoms with Gasteiger partial charge in [-0.25, -0.2) is 4.79 Å². The number of nitrogens with one attached hydrogen (secondary N) is 1. The number of urea groups is 1. The normalized spacial score (nSPS) is 19.4. The number of nitrogens with zero attached hydrogens (tertiary/aromatic N) is 1. The molecule has 0 aliphatic carbocycles. The molecule has 0 saturated carbocycles. The Morgan fingerprint density at radius 1 is 1.32 bits per heavy atom. The van der Waals surface area contributed by atoms with Crippen LogP contribution in [0, 0.1) is 5.92 Å². The number of likely N-dealkylation sites (tertiary alicyclic amines) is 1. The zero-order valence-electron chi connectivity index (χ0n) is 13.4. The van der Waals surface area contributed by atoms with Crippen LogP contribution in [0.4, 0.5) is 18.0 Å². The predicted molar refractivity (Wildman–Crippen MR) is 89.6 cm³/mol. The van der Waals surface area contributed by atoms with Crippen LogP contribution < -0.4 is 11.1 Å². The number of benzene rings is 1. The molecule has 0 radical (unpaired) electrons. The second-order valence-corrected chi connectivity index (χ2v) is 6.95. The van der Waals surface area contributed by atoms with Crippen molar-refractivity contribution in [2.45, 2.75) is 31.5 Å². The van der Waals surface area contributed by atoms with Crippen LogP contribution in [-0.4, -0.2) is 36.1 Å². The fourth-order valence-electron chi connectivity index (χ4n) is 2.89. The maximum absolute atomic E-state index is 12.9. The van der Waals surface area contributed by atoms with E-state index in [-0.39, 0.29) is 25.9 Å². The van der Waals surface area contributed by atoms with E-state index in [0.29, 0.717) is 12.0 Å². The average Bonchev–Trinajstić information content (AvgIpc) is 2.54. The summed E-state index contributed by atoms with van der Waals surface area (Å²) in [5.74, 6) is -1.93. The Bertz CT molecular complexity index is 622. The third kappa shape index (κ3) is 5.62. The van der Waals surface area contributed by atoms with Crippen LogP contribution in [0.3, 0.4) is 0 Å². The van der Waals surface area contributed by atoms with Crippen molar-refractivity contribution >= 4 is 27.9 Å². The molecule has 1 saturated heterocycles. The summed E-state index contributed by atoms with van der Waals surface area (Å²) in [5.41, 5.74) is 5.81. The first-order chi connectivity index (χ1) is 11.7. The van der Waals surface area contributed by atoms with Gasteiger partial charge in [0.1, 0.15) is 0 Å². The van der Waals surface area contributed by atoms with E-state index < -0.39 is 30.1 Å². The quantitative estimate of drug-likeness (QED) is 0.781. The molecule has 0 bridgehead atoms. The van der Waals surface area contributed by atoms with Crippen LogP contribution >= 0.6 is 15.9 Å². The van der Waals surface area contributed by atoms with E-state index in [1.54, 1.807) is 24.3 Å². The summed E-state index contributed by atoms with van der Waals surface area (Å²) < 4.78 is 39.5. The molecule has 25 heavy (non-hydrogen) atoms. The number of halogens is 4. The monoisotopic (exact) mass is 421 g/mol. The van der Waals surface area contributed by atoms with Crippen molar-refractivity contribution in [3.63, 3.8) is 0 Å². The molecule has 1 aromatic rings. The number of hydrogen-bond donors (Lipinski definition) is 2. The van der Waals surface area contributed by atoms with Crippen LogP contribution in [0.5, 0.6) is 0 Å². The number of carbonyl (C=O) groups excluding carboxylic acids is 2. The van der Waals surface area contributed by atoms with Gasteiger partial charge in [0, 0.05) is 17.6 Å². The Morgan fingerprint density at radius 2 is 1.96 bits per heavy atom. The molecule has 5 nitrogen and oxygen atoms in total. The summed E-state index contributed by atoms with van der Waals surface area (Å²) in [7, 11) is 0. The van der Waals surface area contributed by atoms with E-state index in [1.807, 2.05) is 0 Å². The van der Waals surface area contributed by atoms with Crippen molar-refractivity contribution in [3.8, 4) is 0 Å². The van der Waals surface area contributed by atoms with Gasteiger partial charge in [0.05, 0.1) is 18.4 Å². The third-order valence-corrected chi connectivity index (χ3v) is 4.73. The van der Waals surface area contributed by atoms with E-state index in [0.717, 1.165) is 4.47 Å². The van der Waals surface area contributed by atoms with Gasteiger partial charge in [-0.2, -0.15) is 13.2 Å². The van der Waals surface area contributed by atoms with Crippen molar-refractivity contribution in [1.29, 1.82) is 0 Å². The molecular formula is C16H19BrF3N3O2. The smallest absolute Gasteiger partial charge is 0.352 e. The highest BCUT2D eigenvalue weighted by Gasteiger charge is 2.42. The van der Waals surface area contributed by atoms with Crippen molar-refractivity contribution in [1.82, 2.24) is 10.2 Å². The van der Waals surface area contributed by atoms with Crippen molar-refractivity contribution in [2.75, 3.05) is 13.1 Å². The number of hydrogen-bond acceptors (Lipinski definition) is 2. The van der Waals surface area contributed by atoms with Gasteiger partial charge in [-0.15, -0.1) is 0 Å². The Hall–Kier alpha value is -1.77. The van der Waals surface area contributed by atoms with Gasteiger partial charge >= 0.3 is 12.2 Å². The molecule has 9 heteroatoms. The fourth-order valence-corrected chi connectivity index (χ4v) is 3.16. The van der Waals surface area contributed by atoms with E-state index >= 15 is 0 Å². The highest BCUT2D eigenvalue weighted by Crippen LogP contribution is 2.33. The lowest BCUT2D eigenvalue weighted by Crippen LogP contribution is -2.46. The fraction of sp³-hybridized carbons (Fsp3) is 0.500. The molecule has 0 aromatic heterocycles. The lowest BCUT2D eigenvalue weighted by Gasteiger charge is -2.34. The van der Waals surface area contributed by atoms with Crippen LogP contribution in [0.1, 0.15) is 30.9 Å². The highest BCUT2D eigenvalue weighted by atomic mass is 79.9. The van der Waals surface area contributed by atoms with E-state index in [2.05, 4.69) is 21.2 Å². The summed E-state index contributed by atoms with van der Waals surface area (Å²) in [4.78, 5) is 24.9. The lowest BCUT2D eigenvalue weighted by molar-refractivity contribution is -0.188. The molecule has 1 aliphatic heterocycles. The molecule has 138 valence electrons. The minimum Gasteiger partial charge on any atom is -0.352 e. The van der Waals surface area contributed by atoms with E-state index in [1.165, 1.54) is 4.90 Å². The molecular weight excluding hydrogens is 403 g/mol. The van der Waals surface area contributed by atoms with Crippen molar-refractivity contribution < 1.29 is 22.8 Å². The lowest BCUT2D eigenvalue weighted by atomic mass is 9.96. The molecule has 1 heterocycles. The molecule has 1 fully saturated rings. The first kappa shape index (κ1) is 19.6. The Labute approximate surface area is 151 Å². The summed E-state index contributed by atoms with van der Waals surface area (Å²) >= 11 is 3.29. The van der Waals surface area contributed by atoms with Gasteiger partial charge < -0.3 is 16.0 Å². The van der Waals surface area contributed by atoms with Gasteiger partial charge in [0.25, 0.3) is 0 Å². The van der Waals surface area contributed by atoms with Gasteiger partial charge in [-0.1, -0.05) is 28.1 Å². The Morgan fingerprint density at radius 3 is 2.52 bits per heavy atom. The Balaban J connectivity index is 2.08. The number of nitrogens with two attached hydrogens (primary N) is 1. The molecule has 0 spiro atoms. The second-order valence-electron chi connectivity index (χ2n) is 6.04. The SMILES string of the molecule is NC(=O)NC(CC(=O)N1CCCC(C(F)(F)F)C1)c1ccc(Br)cc1. The standard InChI is InChI=1S/C16H19BrF3N3O2/c17-12-5-3-10(4-6-12)13(22-15(21)25)8-14(24)23-7-1-2-11(9-23)16(18,19)20/h3-6,11,13H,1-2,7-9H2,(H3,21,22,25). The summed E-state index contributed by atoms with van der Waals surface area (Å²) in [6.45, 7) is -0.0546. The first-order valence-electron chi connectivity index (χ1n) is 7.82. The number of carbonyl (C=O) groups is 2. The molecule has 2 unspecified atom stereocenters.